The summed E-state index contributed by atoms with van der Waals surface area (Å²) in [7, 11) is 0.349. The zero-order chi connectivity index (χ0) is 21.2. The van der Waals surface area contributed by atoms with E-state index in [4.69, 9.17) is 14.0 Å². The lowest BCUT2D eigenvalue weighted by Crippen LogP contribution is -2.27. The molecule has 8 nitrogen and oxygen atoms in total. The van der Waals surface area contributed by atoms with E-state index in [0.29, 0.717) is 22.7 Å². The van der Waals surface area contributed by atoms with E-state index >= 15 is 0 Å². The van der Waals surface area contributed by atoms with Crippen LogP contribution < -0.4 is 10.1 Å². The molecule has 0 spiro atoms. The number of methoxy groups -OCH3 is 1. The first-order valence-corrected chi connectivity index (χ1v) is 10.2. The van der Waals surface area contributed by atoms with Crippen LogP contribution in [0.4, 0.5) is 0 Å². The number of ether oxygens (including phenoxy) is 1. The van der Waals surface area contributed by atoms with Crippen LogP contribution in [0.3, 0.4) is 0 Å². The van der Waals surface area contributed by atoms with Crippen LogP contribution in [0.15, 0.2) is 57.8 Å². The van der Waals surface area contributed by atoms with Gasteiger partial charge in [-0.3, -0.25) is 9.63 Å². The molecule has 0 saturated carbocycles. The van der Waals surface area contributed by atoms with E-state index < -0.39 is 16.1 Å². The van der Waals surface area contributed by atoms with Crippen molar-refractivity contribution in [2.75, 3.05) is 21.3 Å². The number of fused-ring (bicyclic) bond motifs is 1. The van der Waals surface area contributed by atoms with Gasteiger partial charge < -0.3 is 14.5 Å². The number of hydroxylamine groups is 1. The van der Waals surface area contributed by atoms with E-state index in [2.05, 4.69) is 5.32 Å². The average molecular weight is 418 g/mol. The number of carbonyl (C=O) groups excluding carboxylic acids is 1. The maximum atomic E-state index is 12.6. The van der Waals surface area contributed by atoms with Crippen LogP contribution >= 0.6 is 0 Å². The smallest absolute Gasteiger partial charge is 0.264 e. The predicted octanol–water partition coefficient (Wildman–Crippen LogP) is 3.11. The van der Waals surface area contributed by atoms with Crippen LogP contribution in [0.2, 0.25) is 0 Å². The van der Waals surface area contributed by atoms with Crippen molar-refractivity contribution in [1.82, 2.24) is 9.79 Å². The highest BCUT2D eigenvalue weighted by Crippen LogP contribution is 2.31. The minimum Gasteiger partial charge on any atom is -0.493 e. The van der Waals surface area contributed by atoms with Crippen LogP contribution in [-0.2, 0) is 14.9 Å². The summed E-state index contributed by atoms with van der Waals surface area (Å²) < 4.78 is 36.3. The second kappa shape index (κ2) is 8.24. The lowest BCUT2D eigenvalue weighted by Gasteiger charge is -2.15. The number of carbonyl (C=O) groups is 1. The predicted molar refractivity (Wildman–Crippen MR) is 107 cm³/mol. The Kier molecular flexibility index (Phi) is 5.92. The first kappa shape index (κ1) is 20.8. The van der Waals surface area contributed by atoms with E-state index in [1.807, 2.05) is 18.2 Å². The summed E-state index contributed by atoms with van der Waals surface area (Å²) in [6, 6.07) is 12.6. The lowest BCUT2D eigenvalue weighted by molar-refractivity contribution is -0.0258. The quantitative estimate of drug-likeness (QED) is 0.592. The van der Waals surface area contributed by atoms with Crippen molar-refractivity contribution in [2.45, 2.75) is 17.9 Å². The van der Waals surface area contributed by atoms with Gasteiger partial charge in [-0.1, -0.05) is 16.6 Å². The third kappa shape index (κ3) is 4.12. The van der Waals surface area contributed by atoms with E-state index in [0.717, 1.165) is 9.85 Å². The van der Waals surface area contributed by atoms with Gasteiger partial charge in [0.25, 0.3) is 15.9 Å². The number of nitrogens with zero attached hydrogens (tertiary/aromatic N) is 1. The number of rotatable bonds is 7. The molecule has 1 amide bonds. The molecule has 0 aliphatic rings. The Bertz CT molecular complexity index is 1120. The molecular weight excluding hydrogens is 396 g/mol. The summed E-state index contributed by atoms with van der Waals surface area (Å²) in [4.78, 5) is 17.3. The fourth-order valence-electron chi connectivity index (χ4n) is 2.81. The standard InChI is InChI=1S/C20H22N2O6S/c1-13(18-12-15-6-5-7-17(26-3)19(15)28-18)21-20(23)14-8-10-16(11-9-14)29(24,25)22(2)27-4/h5-13H,1-4H3,(H,21,23). The number of benzene rings is 2. The van der Waals surface area contributed by atoms with Gasteiger partial charge in [-0.25, -0.2) is 8.42 Å². The molecule has 1 atom stereocenters. The molecule has 0 aliphatic carbocycles. The van der Waals surface area contributed by atoms with Crippen LogP contribution in [0, 0.1) is 0 Å². The third-order valence-electron chi connectivity index (χ3n) is 4.53. The highest BCUT2D eigenvalue weighted by molar-refractivity contribution is 7.89. The number of para-hydroxylation sites is 1. The van der Waals surface area contributed by atoms with Gasteiger partial charge in [-0.15, -0.1) is 0 Å². The Morgan fingerprint density at radius 3 is 2.45 bits per heavy atom. The van der Waals surface area contributed by atoms with E-state index in [1.165, 1.54) is 38.4 Å². The molecule has 0 aliphatic heterocycles. The Hall–Kier alpha value is -2.88. The van der Waals surface area contributed by atoms with Gasteiger partial charge in [0, 0.05) is 18.0 Å². The van der Waals surface area contributed by atoms with Gasteiger partial charge in [0.1, 0.15) is 5.76 Å². The zero-order valence-corrected chi connectivity index (χ0v) is 17.3. The summed E-state index contributed by atoms with van der Waals surface area (Å²) in [5.41, 5.74) is 0.937. The van der Waals surface area contributed by atoms with Gasteiger partial charge in [-0.2, -0.15) is 0 Å². The number of sulfonamides is 1. The molecule has 9 heteroatoms. The zero-order valence-electron chi connectivity index (χ0n) is 16.5. The maximum Gasteiger partial charge on any atom is 0.264 e. The molecule has 0 saturated heterocycles. The number of nitrogens with one attached hydrogen (secondary N) is 1. The van der Waals surface area contributed by atoms with Gasteiger partial charge in [0.2, 0.25) is 0 Å². The Labute approximate surface area is 169 Å². The SMILES string of the molecule is COc1cccc2cc(C(C)NC(=O)c3ccc(S(=O)(=O)N(C)OC)cc3)oc12. The highest BCUT2D eigenvalue weighted by Gasteiger charge is 2.22. The fourth-order valence-corrected chi connectivity index (χ4v) is 3.78. The molecule has 1 heterocycles. The van der Waals surface area contributed by atoms with Crippen molar-refractivity contribution < 1.29 is 27.2 Å². The first-order chi connectivity index (χ1) is 13.8. The van der Waals surface area contributed by atoms with Crippen LogP contribution in [0.5, 0.6) is 5.75 Å². The highest BCUT2D eigenvalue weighted by atomic mass is 32.2. The van der Waals surface area contributed by atoms with E-state index in [-0.39, 0.29) is 10.8 Å². The van der Waals surface area contributed by atoms with Gasteiger partial charge in [0.05, 0.1) is 25.2 Å². The van der Waals surface area contributed by atoms with E-state index in [9.17, 15) is 13.2 Å². The molecule has 0 bridgehead atoms. The molecular formula is C20H22N2O6S. The van der Waals surface area contributed by atoms with Crippen molar-refractivity contribution in [2.24, 2.45) is 0 Å². The minimum atomic E-state index is -3.77. The van der Waals surface area contributed by atoms with Gasteiger partial charge in [0.15, 0.2) is 11.3 Å². The number of hydrogen-bond donors (Lipinski definition) is 1. The maximum absolute atomic E-state index is 12.6. The van der Waals surface area contributed by atoms with Gasteiger partial charge >= 0.3 is 0 Å². The first-order valence-electron chi connectivity index (χ1n) is 8.78. The summed E-state index contributed by atoms with van der Waals surface area (Å²) >= 11 is 0. The number of hydrogen-bond acceptors (Lipinski definition) is 6. The largest absolute Gasteiger partial charge is 0.493 e. The lowest BCUT2D eigenvalue weighted by atomic mass is 10.1. The molecule has 1 unspecified atom stereocenters. The fraction of sp³-hybridized carbons (Fsp3) is 0.250. The van der Waals surface area contributed by atoms with Crippen LogP contribution in [-0.4, -0.2) is 40.1 Å². The summed E-state index contributed by atoms with van der Waals surface area (Å²) in [5.74, 6) is 0.845. The minimum absolute atomic E-state index is 0.0239. The average Bonchev–Trinajstić information content (AvgIpc) is 3.17. The topological polar surface area (TPSA) is 98.1 Å². The molecule has 2 aromatic carbocycles. The second-order valence-corrected chi connectivity index (χ2v) is 8.28. The Morgan fingerprint density at radius 2 is 1.83 bits per heavy atom. The van der Waals surface area contributed by atoms with E-state index in [1.54, 1.807) is 20.1 Å². The summed E-state index contributed by atoms with van der Waals surface area (Å²) in [6.07, 6.45) is 0. The Balaban J connectivity index is 1.76. The normalized spacial score (nSPS) is 12.9. The molecule has 0 radical (unpaired) electrons. The molecule has 1 N–H and O–H groups in total. The number of furan rings is 1. The number of amides is 1. The van der Waals surface area contributed by atoms with Crippen molar-refractivity contribution in [3.05, 3.63) is 59.9 Å². The molecule has 3 rings (SSSR count). The molecule has 1 aromatic heterocycles. The third-order valence-corrected chi connectivity index (χ3v) is 6.23. The van der Waals surface area contributed by atoms with Crippen molar-refractivity contribution in [3.63, 3.8) is 0 Å². The molecule has 29 heavy (non-hydrogen) atoms. The van der Waals surface area contributed by atoms with Crippen molar-refractivity contribution >= 4 is 26.9 Å². The second-order valence-electron chi connectivity index (χ2n) is 6.34. The van der Waals surface area contributed by atoms with Crippen LogP contribution in [0.1, 0.15) is 29.1 Å². The molecule has 0 fully saturated rings. The van der Waals surface area contributed by atoms with Crippen molar-refractivity contribution in [3.8, 4) is 5.75 Å². The molecule has 3 aromatic rings. The summed E-state index contributed by atoms with van der Waals surface area (Å²) in [6.45, 7) is 1.80. The molecule has 154 valence electrons. The van der Waals surface area contributed by atoms with Crippen LogP contribution in [0.25, 0.3) is 11.0 Å². The summed E-state index contributed by atoms with van der Waals surface area (Å²) in [5, 5.41) is 3.72. The van der Waals surface area contributed by atoms with Crippen molar-refractivity contribution in [1.29, 1.82) is 0 Å². The Morgan fingerprint density at radius 1 is 1.14 bits per heavy atom. The van der Waals surface area contributed by atoms with Gasteiger partial charge in [-0.05, 0) is 43.3 Å². The monoisotopic (exact) mass is 418 g/mol.